The molecule has 1 aromatic rings. The van der Waals surface area contributed by atoms with Crippen molar-refractivity contribution >= 4 is 29.2 Å². The van der Waals surface area contributed by atoms with Crippen molar-refractivity contribution in [2.45, 2.75) is 109 Å². The number of cyclic esters (lactones) is 1. The summed E-state index contributed by atoms with van der Waals surface area (Å²) in [5, 5.41) is 26.0. The number of ether oxygens (including phenoxy) is 2. The third kappa shape index (κ3) is 6.40. The number of aliphatic hydroxyl groups is 2. The average Bonchev–Trinajstić information content (AvgIpc) is 3.26. The highest BCUT2D eigenvalue weighted by molar-refractivity contribution is 7.09. The van der Waals surface area contributed by atoms with E-state index in [9.17, 15) is 19.8 Å². The lowest BCUT2D eigenvalue weighted by Crippen LogP contribution is -2.43. The first-order valence-electron chi connectivity index (χ1n) is 15.6. The van der Waals surface area contributed by atoms with E-state index >= 15 is 0 Å². The molecule has 42 heavy (non-hydrogen) atoms. The Labute approximate surface area is 254 Å². The second kappa shape index (κ2) is 12.0. The molecule has 4 fully saturated rings. The molecule has 8 atom stereocenters. The van der Waals surface area contributed by atoms with Crippen molar-refractivity contribution in [3.05, 3.63) is 21.7 Å². The van der Waals surface area contributed by atoms with Crippen LogP contribution in [0.4, 0.5) is 0 Å². The molecule has 0 amide bonds. The molecule has 0 radical (unpaired) electrons. The molecule has 2 bridgehead atoms. The van der Waals surface area contributed by atoms with Gasteiger partial charge in [0.2, 0.25) is 0 Å². The van der Waals surface area contributed by atoms with Crippen LogP contribution in [0.1, 0.15) is 83.8 Å². The van der Waals surface area contributed by atoms with Crippen molar-refractivity contribution in [1.82, 2.24) is 14.8 Å². The number of rotatable bonds is 4. The molecule has 0 unspecified atom stereocenters. The Morgan fingerprint density at radius 2 is 1.93 bits per heavy atom. The predicted molar refractivity (Wildman–Crippen MR) is 162 cm³/mol. The first-order chi connectivity index (χ1) is 19.7. The molecule has 1 aliphatic carbocycles. The third-order valence-electron chi connectivity index (χ3n) is 10.8. The molecule has 9 nitrogen and oxygen atoms in total. The standard InChI is InChI=1S/C32H49N3O6S/c1-20(14-23-18-42-27(33-23)17-35-12-10-34(6)11-13-35)24-15-26-31(5,41-26)9-7-8-21(2)32(39)19-30(4,29(38)22(32)3)25(36)16-28(37)40-24/h14,18,21-22,24-26,36,39H,7-13,15-17,19H2,1-6H3/b20-14+/t21-,22-,24-,25-,26-,30-,31+,32+/m0/s1. The monoisotopic (exact) mass is 603 g/mol. The number of epoxide rings is 1. The van der Waals surface area contributed by atoms with E-state index in [1.54, 1.807) is 25.2 Å². The van der Waals surface area contributed by atoms with Crippen LogP contribution in [0, 0.1) is 17.3 Å². The van der Waals surface area contributed by atoms with Crippen LogP contribution < -0.4 is 0 Å². The van der Waals surface area contributed by atoms with E-state index < -0.39 is 35.1 Å². The molecule has 1 aromatic heterocycles. The number of hydrogen-bond donors (Lipinski definition) is 2. The van der Waals surface area contributed by atoms with Crippen molar-refractivity contribution in [3.63, 3.8) is 0 Å². The van der Waals surface area contributed by atoms with Gasteiger partial charge in [-0.05, 0) is 57.7 Å². The topological polar surface area (TPSA) is 116 Å². The molecule has 5 rings (SSSR count). The summed E-state index contributed by atoms with van der Waals surface area (Å²) in [6, 6.07) is 0. The number of esters is 1. The van der Waals surface area contributed by atoms with Gasteiger partial charge in [0.1, 0.15) is 16.9 Å². The second-order valence-electron chi connectivity index (χ2n) is 14.0. The normalized spacial score (nSPS) is 41.1. The summed E-state index contributed by atoms with van der Waals surface area (Å²) >= 11 is 1.64. The number of hydrogen-bond acceptors (Lipinski definition) is 10. The first kappa shape index (κ1) is 31.7. The number of thiazole rings is 1. The number of Topliss-reactive ketones (excluding diaryl/α,β-unsaturated/α-hetero) is 1. The SMILES string of the molecule is C/C(=C\c1csc(CN2CCN(C)CC2)n1)[C@@H]1C[C@@H]2O[C@]2(C)CCC[C@H](C)[C@]2(O)C[C@](C)(C(=O)[C@@H]2C)[C@@H](O)CC(=O)O1. The summed E-state index contributed by atoms with van der Waals surface area (Å²) in [4.78, 5) is 36.2. The van der Waals surface area contributed by atoms with E-state index in [1.807, 2.05) is 25.3 Å². The number of aromatic nitrogens is 1. The van der Waals surface area contributed by atoms with Crippen molar-refractivity contribution in [2.24, 2.45) is 17.3 Å². The van der Waals surface area contributed by atoms with Crippen LogP contribution in [0.15, 0.2) is 11.0 Å². The summed E-state index contributed by atoms with van der Waals surface area (Å²) in [5.74, 6) is -1.49. The molecule has 3 aliphatic heterocycles. The molecular formula is C32H49N3O6S. The van der Waals surface area contributed by atoms with Crippen molar-refractivity contribution in [3.8, 4) is 0 Å². The van der Waals surface area contributed by atoms with Gasteiger partial charge in [-0.15, -0.1) is 11.3 Å². The lowest BCUT2D eigenvalue weighted by atomic mass is 9.75. The van der Waals surface area contributed by atoms with Crippen molar-refractivity contribution in [1.29, 1.82) is 0 Å². The Morgan fingerprint density at radius 3 is 2.64 bits per heavy atom. The number of aliphatic hydroxyl groups excluding tert-OH is 1. The Kier molecular flexibility index (Phi) is 9.07. The van der Waals surface area contributed by atoms with Gasteiger partial charge in [-0.1, -0.05) is 27.2 Å². The molecule has 0 spiro atoms. The highest BCUT2D eigenvalue weighted by Crippen LogP contribution is 2.52. The van der Waals surface area contributed by atoms with Crippen molar-refractivity contribution < 1.29 is 29.3 Å². The zero-order chi connectivity index (χ0) is 30.4. The fraction of sp³-hybridized carbons (Fsp3) is 0.781. The number of carbonyl (C=O) groups excluding carboxylic acids is 2. The fourth-order valence-electron chi connectivity index (χ4n) is 7.35. The van der Waals surface area contributed by atoms with Crippen LogP contribution in [0.3, 0.4) is 0 Å². The van der Waals surface area contributed by atoms with Gasteiger partial charge in [-0.2, -0.15) is 0 Å². The maximum absolute atomic E-state index is 13.4. The summed E-state index contributed by atoms with van der Waals surface area (Å²) in [6.07, 6.45) is 2.93. The number of likely N-dealkylation sites (N-methyl/N-ethyl adjacent to an activating group) is 1. The van der Waals surface area contributed by atoms with Gasteiger partial charge in [0.25, 0.3) is 0 Å². The quantitative estimate of drug-likeness (QED) is 0.393. The average molecular weight is 604 g/mol. The van der Waals surface area contributed by atoms with E-state index in [1.165, 1.54) is 0 Å². The minimum atomic E-state index is -1.24. The highest BCUT2D eigenvalue weighted by atomic mass is 32.1. The third-order valence-corrected chi connectivity index (χ3v) is 11.6. The van der Waals surface area contributed by atoms with E-state index in [4.69, 9.17) is 14.5 Å². The maximum Gasteiger partial charge on any atom is 0.309 e. The van der Waals surface area contributed by atoms with Crippen molar-refractivity contribution in [2.75, 3.05) is 33.2 Å². The molecule has 2 N–H and O–H groups in total. The van der Waals surface area contributed by atoms with Crippen LogP contribution in [0.2, 0.25) is 0 Å². The van der Waals surface area contributed by atoms with Gasteiger partial charge in [-0.3, -0.25) is 14.5 Å². The smallest absolute Gasteiger partial charge is 0.309 e. The molecule has 1 saturated carbocycles. The largest absolute Gasteiger partial charge is 0.458 e. The van der Waals surface area contributed by atoms with Gasteiger partial charge < -0.3 is 24.6 Å². The second-order valence-corrected chi connectivity index (χ2v) is 14.9. The molecule has 10 heteroatoms. The minimum absolute atomic E-state index is 0.0511. The fourth-order valence-corrected chi connectivity index (χ4v) is 8.14. The van der Waals surface area contributed by atoms with Gasteiger partial charge in [0, 0.05) is 43.9 Å². The Hall–Kier alpha value is -1.69. The van der Waals surface area contributed by atoms with Crippen LogP contribution in [-0.4, -0.2) is 99.5 Å². The Morgan fingerprint density at radius 1 is 1.21 bits per heavy atom. The lowest BCUT2D eigenvalue weighted by molar-refractivity contribution is -0.153. The summed E-state index contributed by atoms with van der Waals surface area (Å²) in [6.45, 7) is 14.5. The summed E-state index contributed by atoms with van der Waals surface area (Å²) in [7, 11) is 2.15. The minimum Gasteiger partial charge on any atom is -0.458 e. The summed E-state index contributed by atoms with van der Waals surface area (Å²) < 4.78 is 12.2. The number of nitrogens with zero attached hydrogens (tertiary/aromatic N) is 3. The van der Waals surface area contributed by atoms with E-state index in [-0.39, 0.29) is 36.2 Å². The number of fused-ring (bicyclic) bond motifs is 3. The van der Waals surface area contributed by atoms with Gasteiger partial charge in [0.05, 0.1) is 47.5 Å². The van der Waals surface area contributed by atoms with E-state index in [2.05, 4.69) is 23.8 Å². The Balaban J connectivity index is 1.33. The first-order valence-corrected chi connectivity index (χ1v) is 16.5. The predicted octanol–water partition coefficient (Wildman–Crippen LogP) is 3.67. The van der Waals surface area contributed by atoms with Gasteiger partial charge >= 0.3 is 5.97 Å². The van der Waals surface area contributed by atoms with Gasteiger partial charge in [0.15, 0.2) is 0 Å². The van der Waals surface area contributed by atoms with Crippen LogP contribution >= 0.6 is 11.3 Å². The molecule has 4 heterocycles. The number of piperazine rings is 1. The zero-order valence-electron chi connectivity index (χ0n) is 26.1. The number of carbonyl (C=O) groups is 2. The van der Waals surface area contributed by atoms with Gasteiger partial charge in [-0.25, -0.2) is 4.98 Å². The van der Waals surface area contributed by atoms with E-state index in [0.717, 1.165) is 68.3 Å². The molecule has 0 aromatic carbocycles. The lowest BCUT2D eigenvalue weighted by Gasteiger charge is -2.35. The van der Waals surface area contributed by atoms with E-state index in [0.29, 0.717) is 6.42 Å². The van der Waals surface area contributed by atoms with Crippen LogP contribution in [-0.2, 0) is 25.6 Å². The summed E-state index contributed by atoms with van der Waals surface area (Å²) in [5.41, 5.74) is -1.02. The zero-order valence-corrected chi connectivity index (χ0v) is 26.9. The maximum atomic E-state index is 13.4. The highest BCUT2D eigenvalue weighted by Gasteiger charge is 2.61. The molecular weight excluding hydrogens is 554 g/mol. The molecule has 3 saturated heterocycles. The molecule has 4 aliphatic rings. The van der Waals surface area contributed by atoms with Crippen LogP contribution in [0.25, 0.3) is 6.08 Å². The van der Waals surface area contributed by atoms with Crippen LogP contribution in [0.5, 0.6) is 0 Å². The number of ketones is 1. The Bertz CT molecular complexity index is 1200. The molecule has 234 valence electrons.